The highest BCUT2D eigenvalue weighted by atomic mass is 16.2. The Kier molecular flexibility index (Phi) is 3.29. The molecule has 2 saturated heterocycles. The summed E-state index contributed by atoms with van der Waals surface area (Å²) in [5.74, 6) is 1.01. The summed E-state index contributed by atoms with van der Waals surface area (Å²) in [6.45, 7) is 6.39. The Labute approximate surface area is 92.2 Å². The van der Waals surface area contributed by atoms with Gasteiger partial charge in [0, 0.05) is 12.6 Å². The summed E-state index contributed by atoms with van der Waals surface area (Å²) in [5.41, 5.74) is 0. The highest BCUT2D eigenvalue weighted by molar-refractivity contribution is 5.82. The molecule has 0 bridgehead atoms. The fourth-order valence-corrected chi connectivity index (χ4v) is 2.69. The van der Waals surface area contributed by atoms with Gasteiger partial charge in [-0.05, 0) is 45.1 Å². The summed E-state index contributed by atoms with van der Waals surface area (Å²) in [4.78, 5) is 14.3. The van der Waals surface area contributed by atoms with Crippen molar-refractivity contribution in [1.29, 1.82) is 0 Å². The second-order valence-electron chi connectivity index (χ2n) is 5.17. The molecule has 2 rings (SSSR count). The van der Waals surface area contributed by atoms with E-state index in [-0.39, 0.29) is 6.04 Å². The molecule has 0 saturated carbocycles. The number of hydrogen-bond donors (Lipinski definition) is 1. The molecule has 15 heavy (non-hydrogen) atoms. The molecule has 2 aliphatic rings. The Morgan fingerprint density at radius 2 is 2.07 bits per heavy atom. The number of piperidine rings is 1. The summed E-state index contributed by atoms with van der Waals surface area (Å²) in [5, 5.41) is 3.30. The zero-order valence-corrected chi connectivity index (χ0v) is 9.83. The largest absolute Gasteiger partial charge is 0.338 e. The highest BCUT2D eigenvalue weighted by Crippen LogP contribution is 2.23. The van der Waals surface area contributed by atoms with Crippen molar-refractivity contribution in [3.63, 3.8) is 0 Å². The number of nitrogens with one attached hydrogen (secondary N) is 1. The second-order valence-corrected chi connectivity index (χ2v) is 5.17. The molecule has 2 heterocycles. The smallest absolute Gasteiger partial charge is 0.239 e. The van der Waals surface area contributed by atoms with Crippen LogP contribution in [0.1, 0.15) is 39.5 Å². The topological polar surface area (TPSA) is 32.3 Å². The van der Waals surface area contributed by atoms with E-state index in [1.807, 2.05) is 0 Å². The molecular formula is C12H22N2O. The standard InChI is InChI=1S/C12H22N2O/c1-9-5-6-10(2)14(8-9)12(15)11-4-3-7-13-11/h9-11,13H,3-8H2,1-2H3/t9?,10?,11-/m1/s1. The van der Waals surface area contributed by atoms with Gasteiger partial charge < -0.3 is 10.2 Å². The van der Waals surface area contributed by atoms with Gasteiger partial charge in [-0.3, -0.25) is 4.79 Å². The SMILES string of the molecule is CC1CCC(C)N(C(=O)[C@H]2CCCN2)C1. The average Bonchev–Trinajstić information content (AvgIpc) is 2.74. The fraction of sp³-hybridized carbons (Fsp3) is 0.917. The maximum absolute atomic E-state index is 12.2. The molecule has 86 valence electrons. The Bertz CT molecular complexity index is 236. The molecule has 0 aromatic rings. The molecule has 0 aliphatic carbocycles. The van der Waals surface area contributed by atoms with Crippen molar-refractivity contribution in [2.75, 3.05) is 13.1 Å². The van der Waals surface area contributed by atoms with Crippen LogP contribution in [0, 0.1) is 5.92 Å². The van der Waals surface area contributed by atoms with Crippen LogP contribution in [0.25, 0.3) is 0 Å². The van der Waals surface area contributed by atoms with E-state index in [1.165, 1.54) is 12.8 Å². The van der Waals surface area contributed by atoms with Crippen LogP contribution >= 0.6 is 0 Å². The van der Waals surface area contributed by atoms with Gasteiger partial charge in [-0.25, -0.2) is 0 Å². The fourth-order valence-electron chi connectivity index (χ4n) is 2.69. The molecule has 3 heteroatoms. The number of amides is 1. The lowest BCUT2D eigenvalue weighted by Gasteiger charge is -2.38. The van der Waals surface area contributed by atoms with Gasteiger partial charge in [-0.2, -0.15) is 0 Å². The lowest BCUT2D eigenvalue weighted by molar-refractivity contribution is -0.137. The molecule has 0 spiro atoms. The minimum atomic E-state index is 0.109. The van der Waals surface area contributed by atoms with Crippen LogP contribution in [0.3, 0.4) is 0 Å². The van der Waals surface area contributed by atoms with Gasteiger partial charge in [0.05, 0.1) is 6.04 Å². The van der Waals surface area contributed by atoms with Crippen molar-refractivity contribution in [3.8, 4) is 0 Å². The molecule has 3 nitrogen and oxygen atoms in total. The zero-order chi connectivity index (χ0) is 10.8. The summed E-state index contributed by atoms with van der Waals surface area (Å²) >= 11 is 0. The van der Waals surface area contributed by atoms with Crippen LogP contribution in [0.5, 0.6) is 0 Å². The number of carbonyl (C=O) groups excluding carboxylic acids is 1. The third-order valence-electron chi connectivity index (χ3n) is 3.76. The average molecular weight is 210 g/mol. The Morgan fingerprint density at radius 3 is 2.73 bits per heavy atom. The number of rotatable bonds is 1. The van der Waals surface area contributed by atoms with Gasteiger partial charge in [0.2, 0.25) is 5.91 Å². The van der Waals surface area contributed by atoms with E-state index < -0.39 is 0 Å². The molecule has 0 aromatic heterocycles. The van der Waals surface area contributed by atoms with Crippen LogP contribution in [0.2, 0.25) is 0 Å². The van der Waals surface area contributed by atoms with Gasteiger partial charge in [-0.1, -0.05) is 6.92 Å². The molecule has 1 N–H and O–H groups in total. The normalized spacial score (nSPS) is 36.9. The first-order chi connectivity index (χ1) is 7.18. The molecule has 3 atom stereocenters. The molecule has 0 radical (unpaired) electrons. The quantitative estimate of drug-likeness (QED) is 0.709. The first-order valence-corrected chi connectivity index (χ1v) is 6.22. The predicted molar refractivity (Wildman–Crippen MR) is 60.6 cm³/mol. The number of hydrogen-bond acceptors (Lipinski definition) is 2. The predicted octanol–water partition coefficient (Wildman–Crippen LogP) is 1.39. The van der Waals surface area contributed by atoms with Crippen LogP contribution in [0.4, 0.5) is 0 Å². The Hall–Kier alpha value is -0.570. The summed E-state index contributed by atoms with van der Waals surface area (Å²) in [6, 6.07) is 0.550. The summed E-state index contributed by atoms with van der Waals surface area (Å²) in [7, 11) is 0. The minimum Gasteiger partial charge on any atom is -0.338 e. The third-order valence-corrected chi connectivity index (χ3v) is 3.76. The van der Waals surface area contributed by atoms with Gasteiger partial charge in [0.25, 0.3) is 0 Å². The molecule has 2 fully saturated rings. The van der Waals surface area contributed by atoms with E-state index in [0.717, 1.165) is 25.9 Å². The maximum Gasteiger partial charge on any atom is 0.239 e. The summed E-state index contributed by atoms with van der Waals surface area (Å²) in [6.07, 6.45) is 4.60. The maximum atomic E-state index is 12.2. The molecular weight excluding hydrogens is 188 g/mol. The monoisotopic (exact) mass is 210 g/mol. The van der Waals surface area contributed by atoms with E-state index in [0.29, 0.717) is 17.9 Å². The van der Waals surface area contributed by atoms with E-state index in [4.69, 9.17) is 0 Å². The number of likely N-dealkylation sites (tertiary alicyclic amines) is 1. The van der Waals surface area contributed by atoms with Gasteiger partial charge >= 0.3 is 0 Å². The van der Waals surface area contributed by atoms with Gasteiger partial charge in [0.15, 0.2) is 0 Å². The van der Waals surface area contributed by atoms with E-state index in [1.54, 1.807) is 0 Å². The second kappa shape index (κ2) is 4.52. The molecule has 1 amide bonds. The lowest BCUT2D eigenvalue weighted by atomic mass is 9.94. The Morgan fingerprint density at radius 1 is 1.27 bits per heavy atom. The van der Waals surface area contributed by atoms with E-state index in [9.17, 15) is 4.79 Å². The van der Waals surface area contributed by atoms with Crippen molar-refractivity contribution in [2.45, 2.75) is 51.6 Å². The van der Waals surface area contributed by atoms with Crippen LogP contribution in [-0.2, 0) is 4.79 Å². The van der Waals surface area contributed by atoms with Crippen LogP contribution < -0.4 is 5.32 Å². The van der Waals surface area contributed by atoms with Crippen molar-refractivity contribution in [1.82, 2.24) is 10.2 Å². The number of carbonyl (C=O) groups is 1. The van der Waals surface area contributed by atoms with Gasteiger partial charge in [-0.15, -0.1) is 0 Å². The molecule has 0 aromatic carbocycles. The third kappa shape index (κ3) is 2.33. The van der Waals surface area contributed by atoms with Crippen molar-refractivity contribution < 1.29 is 4.79 Å². The molecule has 2 unspecified atom stereocenters. The van der Waals surface area contributed by atoms with E-state index >= 15 is 0 Å². The number of nitrogens with zero attached hydrogens (tertiary/aromatic N) is 1. The van der Waals surface area contributed by atoms with Gasteiger partial charge in [0.1, 0.15) is 0 Å². The van der Waals surface area contributed by atoms with Crippen LogP contribution in [0.15, 0.2) is 0 Å². The Balaban J connectivity index is 1.97. The highest BCUT2D eigenvalue weighted by Gasteiger charge is 2.32. The first-order valence-electron chi connectivity index (χ1n) is 6.22. The molecule has 2 aliphatic heterocycles. The first kappa shape index (κ1) is 10.9. The lowest BCUT2D eigenvalue weighted by Crippen LogP contribution is -2.51. The van der Waals surface area contributed by atoms with E-state index in [2.05, 4.69) is 24.1 Å². The van der Waals surface area contributed by atoms with Crippen molar-refractivity contribution in [3.05, 3.63) is 0 Å². The minimum absolute atomic E-state index is 0.109. The summed E-state index contributed by atoms with van der Waals surface area (Å²) < 4.78 is 0. The zero-order valence-electron chi connectivity index (χ0n) is 9.83. The van der Waals surface area contributed by atoms with Crippen LogP contribution in [-0.4, -0.2) is 36.0 Å². The van der Waals surface area contributed by atoms with Crippen molar-refractivity contribution in [2.24, 2.45) is 5.92 Å². The van der Waals surface area contributed by atoms with Crippen molar-refractivity contribution >= 4 is 5.91 Å².